The van der Waals surface area contributed by atoms with E-state index in [0.29, 0.717) is 28.5 Å². The Kier molecular flexibility index (Phi) is 7.08. The molecule has 1 amide bonds. The summed E-state index contributed by atoms with van der Waals surface area (Å²) in [4.78, 5) is 15.4. The average molecular weight is 491 g/mol. The van der Waals surface area contributed by atoms with Crippen LogP contribution in [-0.4, -0.2) is 51.6 Å². The Hall–Kier alpha value is -3.26. The predicted molar refractivity (Wildman–Crippen MR) is 137 cm³/mol. The van der Waals surface area contributed by atoms with Crippen LogP contribution in [0, 0.1) is 0 Å². The van der Waals surface area contributed by atoms with Crippen molar-refractivity contribution in [2.45, 2.75) is 49.7 Å². The fourth-order valence-electron chi connectivity index (χ4n) is 4.50. The van der Waals surface area contributed by atoms with Gasteiger partial charge in [-0.25, -0.2) is 0 Å². The van der Waals surface area contributed by atoms with E-state index in [1.54, 1.807) is 14.2 Å². The molecule has 35 heavy (non-hydrogen) atoms. The largest absolute Gasteiger partial charge is 0.497 e. The molecule has 5 rings (SSSR count). The molecule has 2 aliphatic rings. The van der Waals surface area contributed by atoms with Crippen molar-refractivity contribution in [2.75, 3.05) is 20.0 Å². The van der Waals surface area contributed by atoms with E-state index in [0.717, 1.165) is 49.1 Å². The van der Waals surface area contributed by atoms with Gasteiger partial charge in [-0.05, 0) is 74.9 Å². The Morgan fingerprint density at radius 3 is 2.54 bits per heavy atom. The summed E-state index contributed by atoms with van der Waals surface area (Å²) in [5.74, 6) is 2.61. The molecule has 2 aromatic carbocycles. The highest BCUT2D eigenvalue weighted by Crippen LogP contribution is 2.36. The van der Waals surface area contributed by atoms with E-state index in [1.165, 1.54) is 23.9 Å². The van der Waals surface area contributed by atoms with Gasteiger partial charge in [-0.3, -0.25) is 9.36 Å². The molecule has 0 spiro atoms. The summed E-state index contributed by atoms with van der Waals surface area (Å²) in [5, 5.41) is 9.68. The highest BCUT2D eigenvalue weighted by atomic mass is 32.2. The molecule has 182 valence electrons. The van der Waals surface area contributed by atoms with Crippen LogP contribution in [0.5, 0.6) is 11.5 Å². The summed E-state index contributed by atoms with van der Waals surface area (Å²) >= 11 is 1.43. The lowest BCUT2D eigenvalue weighted by molar-refractivity contribution is -0.127. The SMILES string of the molecule is COc1ccc(-n2c(SCC(=O)N(C3=CCCCC3)C3CC3)nnc2-c2ccccc2OC)cc1. The van der Waals surface area contributed by atoms with Crippen LogP contribution in [0.25, 0.3) is 17.1 Å². The molecule has 0 saturated heterocycles. The molecule has 0 atom stereocenters. The molecule has 1 heterocycles. The summed E-state index contributed by atoms with van der Waals surface area (Å²) in [7, 11) is 3.29. The standard InChI is InChI=1S/C27H30N4O3S/c1-33-22-16-14-21(15-17-22)31-26(23-10-6-7-11-24(23)34-2)28-29-27(31)35-18-25(32)30(20-12-13-20)19-8-4-3-5-9-19/h6-8,10-11,14-17,20H,3-5,9,12-13,18H2,1-2H3. The number of aromatic nitrogens is 3. The second-order valence-corrected chi connectivity index (χ2v) is 9.71. The number of ether oxygens (including phenoxy) is 2. The van der Waals surface area contributed by atoms with Gasteiger partial charge in [-0.2, -0.15) is 0 Å². The van der Waals surface area contributed by atoms with Gasteiger partial charge < -0.3 is 14.4 Å². The Morgan fingerprint density at radius 1 is 1.06 bits per heavy atom. The third-order valence-corrected chi connectivity index (χ3v) is 7.31. The first kappa shape index (κ1) is 23.5. The quantitative estimate of drug-likeness (QED) is 0.369. The lowest BCUT2D eigenvalue weighted by Crippen LogP contribution is -2.34. The number of benzene rings is 2. The molecular formula is C27H30N4O3S. The van der Waals surface area contributed by atoms with Gasteiger partial charge in [0.1, 0.15) is 11.5 Å². The number of thioether (sulfide) groups is 1. The van der Waals surface area contributed by atoms with E-state index in [9.17, 15) is 4.79 Å². The molecule has 8 heteroatoms. The monoisotopic (exact) mass is 490 g/mol. The lowest BCUT2D eigenvalue weighted by Gasteiger charge is -2.27. The molecule has 1 saturated carbocycles. The average Bonchev–Trinajstić information content (AvgIpc) is 3.65. The number of carbonyl (C=O) groups is 1. The third kappa shape index (κ3) is 5.07. The van der Waals surface area contributed by atoms with Crippen LogP contribution in [0.2, 0.25) is 0 Å². The van der Waals surface area contributed by atoms with Gasteiger partial charge >= 0.3 is 0 Å². The van der Waals surface area contributed by atoms with Crippen molar-refractivity contribution < 1.29 is 14.3 Å². The maximum atomic E-state index is 13.4. The van der Waals surface area contributed by atoms with E-state index >= 15 is 0 Å². The van der Waals surface area contributed by atoms with Gasteiger partial charge in [0.2, 0.25) is 5.91 Å². The Morgan fingerprint density at radius 2 is 1.86 bits per heavy atom. The molecule has 3 aromatic rings. The first-order valence-electron chi connectivity index (χ1n) is 12.1. The van der Waals surface area contributed by atoms with E-state index in [4.69, 9.17) is 9.47 Å². The van der Waals surface area contributed by atoms with E-state index in [-0.39, 0.29) is 5.91 Å². The maximum Gasteiger partial charge on any atom is 0.237 e. The molecule has 0 radical (unpaired) electrons. The van der Waals surface area contributed by atoms with Crippen molar-refractivity contribution in [2.24, 2.45) is 0 Å². The summed E-state index contributed by atoms with van der Waals surface area (Å²) in [5.41, 5.74) is 2.93. The van der Waals surface area contributed by atoms with Gasteiger partial charge in [0.05, 0.1) is 31.2 Å². The third-order valence-electron chi connectivity index (χ3n) is 6.39. The number of rotatable bonds is 9. The van der Waals surface area contributed by atoms with Crippen LogP contribution in [-0.2, 0) is 4.79 Å². The second kappa shape index (κ2) is 10.6. The lowest BCUT2D eigenvalue weighted by atomic mass is 10.0. The minimum Gasteiger partial charge on any atom is -0.497 e. The smallest absolute Gasteiger partial charge is 0.237 e. The molecule has 2 aliphatic carbocycles. The highest BCUT2D eigenvalue weighted by Gasteiger charge is 2.35. The summed E-state index contributed by atoms with van der Waals surface area (Å²) in [6.07, 6.45) is 8.86. The number of para-hydroxylation sites is 1. The number of carbonyl (C=O) groups excluding carboxylic acids is 1. The van der Waals surface area contributed by atoms with Crippen LogP contribution >= 0.6 is 11.8 Å². The van der Waals surface area contributed by atoms with E-state index in [2.05, 4.69) is 21.2 Å². The zero-order valence-corrected chi connectivity index (χ0v) is 21.0. The molecule has 0 bridgehead atoms. The zero-order chi connectivity index (χ0) is 24.2. The van der Waals surface area contributed by atoms with E-state index < -0.39 is 0 Å². The van der Waals surface area contributed by atoms with Crippen LogP contribution in [0.1, 0.15) is 38.5 Å². The Labute approximate surface area is 210 Å². The fourth-order valence-corrected chi connectivity index (χ4v) is 5.31. The molecule has 1 fully saturated rings. The summed E-state index contributed by atoms with van der Waals surface area (Å²) < 4.78 is 12.9. The summed E-state index contributed by atoms with van der Waals surface area (Å²) in [6.45, 7) is 0. The number of hydrogen-bond acceptors (Lipinski definition) is 6. The van der Waals surface area contributed by atoms with Gasteiger partial charge in [-0.1, -0.05) is 30.0 Å². The van der Waals surface area contributed by atoms with Gasteiger partial charge in [0, 0.05) is 11.7 Å². The van der Waals surface area contributed by atoms with Crippen molar-refractivity contribution in [1.82, 2.24) is 19.7 Å². The number of nitrogens with zero attached hydrogens (tertiary/aromatic N) is 4. The first-order valence-corrected chi connectivity index (χ1v) is 13.0. The molecule has 7 nitrogen and oxygen atoms in total. The minimum atomic E-state index is 0.147. The minimum absolute atomic E-state index is 0.147. The van der Waals surface area contributed by atoms with Crippen LogP contribution in [0.4, 0.5) is 0 Å². The highest BCUT2D eigenvalue weighted by molar-refractivity contribution is 7.99. The Balaban J connectivity index is 1.46. The van der Waals surface area contributed by atoms with Crippen LogP contribution < -0.4 is 9.47 Å². The van der Waals surface area contributed by atoms with Gasteiger partial charge in [-0.15, -0.1) is 10.2 Å². The van der Waals surface area contributed by atoms with Crippen molar-refractivity contribution in [3.05, 3.63) is 60.3 Å². The summed E-state index contributed by atoms with van der Waals surface area (Å²) in [6, 6.07) is 15.9. The van der Waals surface area contributed by atoms with Crippen molar-refractivity contribution >= 4 is 17.7 Å². The number of amides is 1. The van der Waals surface area contributed by atoms with Crippen molar-refractivity contribution in [3.8, 4) is 28.6 Å². The fraction of sp³-hybridized carbons (Fsp3) is 0.370. The number of methoxy groups -OCH3 is 2. The predicted octanol–water partition coefficient (Wildman–Crippen LogP) is 5.49. The molecule has 0 aliphatic heterocycles. The Bertz CT molecular complexity index is 1220. The molecule has 1 aromatic heterocycles. The second-order valence-electron chi connectivity index (χ2n) is 8.76. The van der Waals surface area contributed by atoms with Crippen LogP contribution in [0.3, 0.4) is 0 Å². The van der Waals surface area contributed by atoms with Gasteiger partial charge in [0.25, 0.3) is 0 Å². The maximum absolute atomic E-state index is 13.4. The van der Waals surface area contributed by atoms with Crippen LogP contribution in [0.15, 0.2) is 65.5 Å². The normalized spacial score (nSPS) is 15.4. The molecule has 0 unspecified atom stereocenters. The van der Waals surface area contributed by atoms with Crippen molar-refractivity contribution in [1.29, 1.82) is 0 Å². The number of allylic oxidation sites excluding steroid dienone is 2. The number of hydrogen-bond donors (Lipinski definition) is 0. The molecule has 0 N–H and O–H groups in total. The van der Waals surface area contributed by atoms with Crippen molar-refractivity contribution in [3.63, 3.8) is 0 Å². The topological polar surface area (TPSA) is 69.5 Å². The van der Waals surface area contributed by atoms with Gasteiger partial charge in [0.15, 0.2) is 11.0 Å². The molecular weight excluding hydrogens is 460 g/mol. The van der Waals surface area contributed by atoms with E-state index in [1.807, 2.05) is 53.1 Å². The zero-order valence-electron chi connectivity index (χ0n) is 20.1. The first-order chi connectivity index (χ1) is 17.2.